The van der Waals surface area contributed by atoms with E-state index in [9.17, 15) is 24.0 Å². The summed E-state index contributed by atoms with van der Waals surface area (Å²) in [4.78, 5) is 24.2. The maximum Gasteiger partial charge on any atom is 0.372 e. The zero-order chi connectivity index (χ0) is 17.9. The Bertz CT molecular complexity index is 576. The maximum atomic E-state index is 12.5. The molecule has 2 atom stereocenters. The summed E-state index contributed by atoms with van der Waals surface area (Å²) in [5.41, 5.74) is 0.151. The Hall–Kier alpha value is -0.590. The van der Waals surface area contributed by atoms with Crippen LogP contribution >= 0.6 is 15.2 Å². The van der Waals surface area contributed by atoms with Crippen LogP contribution in [0, 0.1) is 0 Å². The van der Waals surface area contributed by atoms with Crippen LogP contribution in [0.2, 0.25) is 0 Å². The summed E-state index contributed by atoms with van der Waals surface area (Å²) < 4.78 is 34.8. The molecule has 0 aliphatic carbocycles. The van der Waals surface area contributed by atoms with Gasteiger partial charge in [0.2, 0.25) is 0 Å². The van der Waals surface area contributed by atoms with E-state index in [1.165, 1.54) is 40.0 Å². The topological polar surface area (TPSA) is 126 Å². The molecule has 0 aromatic carbocycles. The van der Waals surface area contributed by atoms with Crippen LogP contribution in [0.5, 0.6) is 0 Å². The highest BCUT2D eigenvalue weighted by molar-refractivity contribution is 7.73. The van der Waals surface area contributed by atoms with E-state index in [1.54, 1.807) is 12.1 Å². The third kappa shape index (κ3) is 4.94. The van der Waals surface area contributed by atoms with Crippen molar-refractivity contribution in [1.82, 2.24) is 4.98 Å². The fourth-order valence-electron chi connectivity index (χ4n) is 1.85. The van der Waals surface area contributed by atoms with Crippen molar-refractivity contribution in [3.63, 3.8) is 0 Å². The van der Waals surface area contributed by atoms with E-state index in [1.807, 2.05) is 0 Å². The SMILES string of the molecule is CC(C)OP(=O)(O)C(O)(Cc1ccccn1)P(=O)(O)OC(C)C. The van der Waals surface area contributed by atoms with E-state index >= 15 is 0 Å². The lowest BCUT2D eigenvalue weighted by atomic mass is 10.3. The van der Waals surface area contributed by atoms with Crippen LogP contribution in [0.15, 0.2) is 24.4 Å². The van der Waals surface area contributed by atoms with Crippen molar-refractivity contribution < 1.29 is 33.1 Å². The monoisotopic (exact) mass is 367 g/mol. The molecule has 23 heavy (non-hydrogen) atoms. The molecule has 0 saturated carbocycles. The second kappa shape index (κ2) is 7.53. The molecule has 1 heterocycles. The minimum Gasteiger partial charge on any atom is -0.367 e. The van der Waals surface area contributed by atoms with Gasteiger partial charge >= 0.3 is 15.2 Å². The zero-order valence-corrected chi connectivity index (χ0v) is 15.3. The van der Waals surface area contributed by atoms with Gasteiger partial charge in [0.15, 0.2) is 0 Å². The Morgan fingerprint density at radius 1 is 1.09 bits per heavy atom. The van der Waals surface area contributed by atoms with Crippen LogP contribution in [-0.2, 0) is 24.6 Å². The van der Waals surface area contributed by atoms with Gasteiger partial charge in [0.25, 0.3) is 5.08 Å². The van der Waals surface area contributed by atoms with Gasteiger partial charge < -0.3 is 23.9 Å². The fourth-order valence-corrected chi connectivity index (χ4v) is 5.61. The molecule has 0 spiro atoms. The fraction of sp³-hybridized carbons (Fsp3) is 0.615. The van der Waals surface area contributed by atoms with Crippen molar-refractivity contribution in [1.29, 1.82) is 0 Å². The van der Waals surface area contributed by atoms with Gasteiger partial charge in [-0.3, -0.25) is 14.1 Å². The highest BCUT2D eigenvalue weighted by Gasteiger charge is 2.63. The smallest absolute Gasteiger partial charge is 0.367 e. The molecule has 1 rings (SSSR count). The van der Waals surface area contributed by atoms with Gasteiger partial charge in [0.1, 0.15) is 0 Å². The Morgan fingerprint density at radius 3 is 1.91 bits per heavy atom. The van der Waals surface area contributed by atoms with Gasteiger partial charge in [-0.2, -0.15) is 0 Å². The van der Waals surface area contributed by atoms with E-state index in [2.05, 4.69) is 4.98 Å². The van der Waals surface area contributed by atoms with Crippen LogP contribution < -0.4 is 0 Å². The zero-order valence-electron chi connectivity index (χ0n) is 13.5. The largest absolute Gasteiger partial charge is 0.372 e. The first-order chi connectivity index (χ1) is 10.4. The Balaban J connectivity index is 3.35. The summed E-state index contributed by atoms with van der Waals surface area (Å²) in [5, 5.41) is 7.68. The van der Waals surface area contributed by atoms with E-state index in [4.69, 9.17) is 9.05 Å². The molecule has 1 aromatic heterocycles. The molecule has 10 heteroatoms. The highest BCUT2D eigenvalue weighted by Crippen LogP contribution is 2.73. The lowest BCUT2D eigenvalue weighted by Crippen LogP contribution is -2.35. The lowest BCUT2D eigenvalue weighted by molar-refractivity contribution is 0.0836. The van der Waals surface area contributed by atoms with Gasteiger partial charge in [-0.25, -0.2) is 0 Å². The first-order valence-electron chi connectivity index (χ1n) is 7.06. The first-order valence-corrected chi connectivity index (χ1v) is 10.2. The number of nitrogens with zero attached hydrogens (tertiary/aromatic N) is 1. The molecule has 0 saturated heterocycles. The molecule has 0 amide bonds. The number of rotatable bonds is 8. The summed E-state index contributed by atoms with van der Waals surface area (Å²) in [5.74, 6) is 0. The molecule has 2 unspecified atom stereocenters. The second-order valence-electron chi connectivity index (χ2n) is 5.62. The number of hydrogen-bond acceptors (Lipinski definition) is 6. The Labute approximate surface area is 135 Å². The summed E-state index contributed by atoms with van der Waals surface area (Å²) in [6, 6.07) is 4.64. The Kier molecular flexibility index (Phi) is 6.70. The molecule has 0 aliphatic heterocycles. The highest BCUT2D eigenvalue weighted by atomic mass is 31.2. The summed E-state index contributed by atoms with van der Waals surface area (Å²) in [7, 11) is -9.87. The van der Waals surface area contributed by atoms with Gasteiger partial charge in [0.05, 0.1) is 12.2 Å². The minimum atomic E-state index is -4.94. The van der Waals surface area contributed by atoms with Gasteiger partial charge in [-0.1, -0.05) is 6.07 Å². The van der Waals surface area contributed by atoms with Gasteiger partial charge in [0, 0.05) is 18.3 Å². The Morgan fingerprint density at radius 2 is 1.57 bits per heavy atom. The summed E-state index contributed by atoms with van der Waals surface area (Å²) >= 11 is 0. The van der Waals surface area contributed by atoms with Crippen molar-refractivity contribution in [2.75, 3.05) is 0 Å². The van der Waals surface area contributed by atoms with Crippen LogP contribution in [0.1, 0.15) is 33.4 Å². The third-order valence-electron chi connectivity index (χ3n) is 2.76. The molecule has 1 aromatic rings. The van der Waals surface area contributed by atoms with Crippen LogP contribution in [0.4, 0.5) is 0 Å². The van der Waals surface area contributed by atoms with Gasteiger partial charge in [-0.15, -0.1) is 0 Å². The van der Waals surface area contributed by atoms with Crippen molar-refractivity contribution in [3.05, 3.63) is 30.1 Å². The van der Waals surface area contributed by atoms with E-state index in [0.29, 0.717) is 0 Å². The molecule has 0 aliphatic rings. The van der Waals surface area contributed by atoms with Crippen molar-refractivity contribution >= 4 is 15.2 Å². The molecular weight excluding hydrogens is 344 g/mol. The number of aromatic nitrogens is 1. The molecule has 3 N–H and O–H groups in total. The predicted octanol–water partition coefficient (Wildman–Crippen LogP) is 2.49. The van der Waals surface area contributed by atoms with E-state index < -0.39 is 38.9 Å². The standard InChI is InChI=1S/C13H23NO7P2/c1-10(2)20-22(16,17)13(15,23(18,19)21-11(3)4)9-12-7-5-6-8-14-12/h5-8,10-11,15H,9H2,1-4H3,(H,16,17)(H,18,19). The molecule has 0 bridgehead atoms. The van der Waals surface area contributed by atoms with Crippen molar-refractivity contribution in [2.45, 2.75) is 51.4 Å². The molecule has 0 fully saturated rings. The number of hydrogen-bond donors (Lipinski definition) is 3. The number of aliphatic hydroxyl groups is 1. The average Bonchev–Trinajstić information content (AvgIpc) is 2.36. The molecular formula is C13H23NO7P2. The van der Waals surface area contributed by atoms with E-state index in [-0.39, 0.29) is 5.69 Å². The first kappa shape index (κ1) is 20.5. The second-order valence-corrected chi connectivity index (χ2v) is 9.96. The molecule has 0 radical (unpaired) electrons. The quantitative estimate of drug-likeness (QED) is 0.598. The van der Waals surface area contributed by atoms with Crippen LogP contribution in [-0.4, -0.2) is 37.2 Å². The minimum absolute atomic E-state index is 0.151. The predicted molar refractivity (Wildman–Crippen MR) is 85.0 cm³/mol. The average molecular weight is 367 g/mol. The molecule has 8 nitrogen and oxygen atoms in total. The number of pyridine rings is 1. The van der Waals surface area contributed by atoms with Crippen LogP contribution in [0.25, 0.3) is 0 Å². The van der Waals surface area contributed by atoms with E-state index in [0.717, 1.165) is 0 Å². The maximum absolute atomic E-state index is 12.5. The third-order valence-corrected chi connectivity index (χ3v) is 7.81. The lowest BCUT2D eigenvalue weighted by Gasteiger charge is -2.35. The van der Waals surface area contributed by atoms with Crippen molar-refractivity contribution in [3.8, 4) is 0 Å². The summed E-state index contributed by atoms with van der Waals surface area (Å²) in [6.07, 6.45) is -0.776. The molecule has 132 valence electrons. The normalized spacial score (nSPS) is 20.0. The summed E-state index contributed by atoms with van der Waals surface area (Å²) in [6.45, 7) is 5.87. The van der Waals surface area contributed by atoms with Gasteiger partial charge in [-0.05, 0) is 39.8 Å². The van der Waals surface area contributed by atoms with Crippen LogP contribution in [0.3, 0.4) is 0 Å². The van der Waals surface area contributed by atoms with Crippen molar-refractivity contribution in [2.24, 2.45) is 0 Å².